The number of anilines is 1. The Hall–Kier alpha value is -1.36. The van der Waals surface area contributed by atoms with Crippen molar-refractivity contribution in [3.05, 3.63) is 11.9 Å². The summed E-state index contributed by atoms with van der Waals surface area (Å²) >= 11 is 0. The highest BCUT2D eigenvalue weighted by Gasteiger charge is 2.16. The Kier molecular flexibility index (Phi) is 4.14. The third-order valence-corrected chi connectivity index (χ3v) is 2.84. The van der Waals surface area contributed by atoms with Crippen LogP contribution in [0.2, 0.25) is 0 Å². The third-order valence-electron chi connectivity index (χ3n) is 2.84. The van der Waals surface area contributed by atoms with Gasteiger partial charge in [0.15, 0.2) is 0 Å². The molecule has 0 spiro atoms. The maximum absolute atomic E-state index is 5.56. The molecular formula is C12H19N3O2. The van der Waals surface area contributed by atoms with Gasteiger partial charge in [-0.05, 0) is 26.7 Å². The average molecular weight is 237 g/mol. The second-order valence-corrected chi connectivity index (χ2v) is 4.10. The lowest BCUT2D eigenvalue weighted by Crippen LogP contribution is -2.19. The number of rotatable bonds is 5. The van der Waals surface area contributed by atoms with Crippen molar-refractivity contribution >= 4 is 5.82 Å². The molecule has 2 rings (SSSR count). The van der Waals surface area contributed by atoms with Crippen LogP contribution < -0.4 is 10.1 Å². The van der Waals surface area contributed by atoms with Gasteiger partial charge >= 0.3 is 0 Å². The zero-order valence-electron chi connectivity index (χ0n) is 10.4. The van der Waals surface area contributed by atoms with E-state index in [1.54, 1.807) is 0 Å². The molecule has 1 unspecified atom stereocenters. The summed E-state index contributed by atoms with van der Waals surface area (Å²) < 4.78 is 11.0. The summed E-state index contributed by atoms with van der Waals surface area (Å²) in [6.45, 7) is 6.19. The van der Waals surface area contributed by atoms with E-state index in [2.05, 4.69) is 15.3 Å². The predicted octanol–water partition coefficient (Wildman–Crippen LogP) is 1.77. The van der Waals surface area contributed by atoms with E-state index in [9.17, 15) is 0 Å². The van der Waals surface area contributed by atoms with E-state index in [-0.39, 0.29) is 0 Å². The Labute approximate surface area is 102 Å². The maximum atomic E-state index is 5.56. The third kappa shape index (κ3) is 3.06. The monoisotopic (exact) mass is 237 g/mol. The molecule has 5 nitrogen and oxygen atoms in total. The quantitative estimate of drug-likeness (QED) is 0.846. The summed E-state index contributed by atoms with van der Waals surface area (Å²) in [6.07, 6.45) is 4.10. The molecule has 0 aliphatic carbocycles. The van der Waals surface area contributed by atoms with E-state index in [4.69, 9.17) is 9.47 Å². The van der Waals surface area contributed by atoms with E-state index < -0.39 is 0 Å². The molecule has 0 bridgehead atoms. The first-order valence-corrected chi connectivity index (χ1v) is 6.11. The molecule has 5 heteroatoms. The van der Waals surface area contributed by atoms with Crippen LogP contribution >= 0.6 is 0 Å². The number of hydrogen-bond donors (Lipinski definition) is 1. The highest BCUT2D eigenvalue weighted by molar-refractivity contribution is 5.47. The number of aromatic nitrogens is 2. The first-order chi connectivity index (χ1) is 8.31. The predicted molar refractivity (Wildman–Crippen MR) is 65.4 cm³/mol. The van der Waals surface area contributed by atoms with Gasteiger partial charge in [0.2, 0.25) is 5.88 Å². The van der Waals surface area contributed by atoms with Crippen molar-refractivity contribution in [2.24, 2.45) is 0 Å². The van der Waals surface area contributed by atoms with Crippen LogP contribution in [0.1, 0.15) is 25.3 Å². The van der Waals surface area contributed by atoms with Crippen LogP contribution in [0.3, 0.4) is 0 Å². The summed E-state index contributed by atoms with van der Waals surface area (Å²) in [7, 11) is 0. The standard InChI is InChI=1S/C12H19N3O2/c1-3-16-12-9(2)11(14-8-15-12)13-7-10-5-4-6-17-10/h8,10H,3-7H2,1-2H3,(H,13,14,15). The molecule has 1 aliphatic heterocycles. The average Bonchev–Trinajstić information content (AvgIpc) is 2.83. The minimum Gasteiger partial charge on any atom is -0.478 e. The molecule has 1 atom stereocenters. The Morgan fingerprint density at radius 2 is 2.41 bits per heavy atom. The second kappa shape index (κ2) is 5.82. The van der Waals surface area contributed by atoms with Gasteiger partial charge in [-0.15, -0.1) is 0 Å². The Morgan fingerprint density at radius 1 is 1.53 bits per heavy atom. The molecule has 0 saturated carbocycles. The topological polar surface area (TPSA) is 56.3 Å². The Bertz CT molecular complexity index is 365. The molecule has 1 aromatic heterocycles. The lowest BCUT2D eigenvalue weighted by Gasteiger charge is -2.14. The fraction of sp³-hybridized carbons (Fsp3) is 0.667. The van der Waals surface area contributed by atoms with Crippen LogP contribution in [-0.4, -0.2) is 35.8 Å². The van der Waals surface area contributed by atoms with E-state index in [1.807, 2.05) is 13.8 Å². The van der Waals surface area contributed by atoms with Gasteiger partial charge in [0.05, 0.1) is 18.3 Å². The summed E-state index contributed by atoms with van der Waals surface area (Å²) in [5, 5.41) is 3.30. The van der Waals surface area contributed by atoms with E-state index in [1.165, 1.54) is 6.33 Å². The lowest BCUT2D eigenvalue weighted by atomic mass is 10.2. The molecule has 1 fully saturated rings. The van der Waals surface area contributed by atoms with Crippen LogP contribution in [0.25, 0.3) is 0 Å². The van der Waals surface area contributed by atoms with Crippen LogP contribution in [0.4, 0.5) is 5.82 Å². The lowest BCUT2D eigenvalue weighted by molar-refractivity contribution is 0.120. The van der Waals surface area contributed by atoms with Crippen molar-refractivity contribution in [3.63, 3.8) is 0 Å². The molecule has 0 amide bonds. The van der Waals surface area contributed by atoms with Gasteiger partial charge in [-0.3, -0.25) is 0 Å². The second-order valence-electron chi connectivity index (χ2n) is 4.10. The van der Waals surface area contributed by atoms with E-state index >= 15 is 0 Å². The molecule has 0 radical (unpaired) electrons. The van der Waals surface area contributed by atoms with Crippen molar-refractivity contribution in [1.29, 1.82) is 0 Å². The van der Waals surface area contributed by atoms with Crippen molar-refractivity contribution in [2.45, 2.75) is 32.8 Å². The molecule has 17 heavy (non-hydrogen) atoms. The number of nitrogens with one attached hydrogen (secondary N) is 1. The van der Waals surface area contributed by atoms with Crippen LogP contribution in [0.5, 0.6) is 5.88 Å². The van der Waals surface area contributed by atoms with Gasteiger partial charge in [0.1, 0.15) is 12.1 Å². The first-order valence-electron chi connectivity index (χ1n) is 6.11. The molecular weight excluding hydrogens is 218 g/mol. The number of nitrogens with zero attached hydrogens (tertiary/aromatic N) is 2. The summed E-state index contributed by atoms with van der Waals surface area (Å²) in [6, 6.07) is 0. The zero-order valence-corrected chi connectivity index (χ0v) is 10.4. The van der Waals surface area contributed by atoms with Gasteiger partial charge in [-0.1, -0.05) is 0 Å². The van der Waals surface area contributed by atoms with E-state index in [0.717, 1.165) is 37.4 Å². The highest BCUT2D eigenvalue weighted by Crippen LogP contribution is 2.21. The number of hydrogen-bond acceptors (Lipinski definition) is 5. The first kappa shape index (κ1) is 12.1. The van der Waals surface area contributed by atoms with Gasteiger partial charge in [-0.2, -0.15) is 0 Å². The van der Waals surface area contributed by atoms with Crippen molar-refractivity contribution in [1.82, 2.24) is 9.97 Å². The Balaban J connectivity index is 1.97. The van der Waals surface area contributed by atoms with Crippen LogP contribution in [-0.2, 0) is 4.74 Å². The Morgan fingerprint density at radius 3 is 3.12 bits per heavy atom. The molecule has 2 heterocycles. The van der Waals surface area contributed by atoms with E-state index in [0.29, 0.717) is 18.6 Å². The molecule has 0 aromatic carbocycles. The molecule has 1 saturated heterocycles. The summed E-state index contributed by atoms with van der Waals surface area (Å²) in [5.41, 5.74) is 0.951. The molecule has 1 aromatic rings. The minimum absolute atomic E-state index is 0.305. The van der Waals surface area contributed by atoms with Crippen molar-refractivity contribution in [3.8, 4) is 5.88 Å². The van der Waals surface area contributed by atoms with Gasteiger partial charge < -0.3 is 14.8 Å². The smallest absolute Gasteiger partial charge is 0.221 e. The molecule has 1 aliphatic rings. The van der Waals surface area contributed by atoms with Gasteiger partial charge in [0, 0.05) is 13.2 Å². The molecule has 94 valence electrons. The fourth-order valence-electron chi connectivity index (χ4n) is 1.91. The van der Waals surface area contributed by atoms with Crippen molar-refractivity contribution in [2.75, 3.05) is 25.1 Å². The minimum atomic E-state index is 0.305. The zero-order chi connectivity index (χ0) is 12.1. The van der Waals surface area contributed by atoms with Crippen LogP contribution in [0, 0.1) is 6.92 Å². The van der Waals surface area contributed by atoms with Gasteiger partial charge in [0.25, 0.3) is 0 Å². The van der Waals surface area contributed by atoms with Crippen molar-refractivity contribution < 1.29 is 9.47 Å². The fourth-order valence-corrected chi connectivity index (χ4v) is 1.91. The number of ether oxygens (including phenoxy) is 2. The molecule has 1 N–H and O–H groups in total. The summed E-state index contributed by atoms with van der Waals surface area (Å²) in [5.74, 6) is 1.48. The van der Waals surface area contributed by atoms with Crippen LogP contribution in [0.15, 0.2) is 6.33 Å². The maximum Gasteiger partial charge on any atom is 0.221 e. The SMILES string of the molecule is CCOc1ncnc(NCC2CCCO2)c1C. The highest BCUT2D eigenvalue weighted by atomic mass is 16.5. The summed E-state index contributed by atoms with van der Waals surface area (Å²) in [4.78, 5) is 8.33. The largest absolute Gasteiger partial charge is 0.478 e. The normalized spacial score (nSPS) is 19.3. The van der Waals surface area contributed by atoms with Gasteiger partial charge in [-0.25, -0.2) is 9.97 Å².